The molecule has 0 saturated carbocycles. The van der Waals surface area contributed by atoms with Gasteiger partial charge in [0, 0.05) is 22.8 Å². The molecule has 1 heterocycles. The van der Waals surface area contributed by atoms with E-state index in [-0.39, 0.29) is 5.91 Å². The van der Waals surface area contributed by atoms with E-state index in [1.54, 1.807) is 6.20 Å². The molecule has 0 fully saturated rings. The van der Waals surface area contributed by atoms with Crippen LogP contribution < -0.4 is 5.32 Å². The monoisotopic (exact) mass is 262 g/mol. The normalized spacial score (nSPS) is 10.4. The van der Waals surface area contributed by atoms with Gasteiger partial charge in [0.1, 0.15) is 0 Å². The Kier molecular flexibility index (Phi) is 3.17. The Bertz CT molecular complexity index is 758. The number of nitrogens with one attached hydrogen (secondary N) is 1. The average Bonchev–Trinajstić information content (AvgIpc) is 2.49. The van der Waals surface area contributed by atoms with Crippen molar-refractivity contribution in [3.63, 3.8) is 0 Å². The fraction of sp³-hybridized carbons (Fsp3) is 0.0588. The third-order valence-electron chi connectivity index (χ3n) is 3.20. The molecule has 3 heteroatoms. The second-order valence-electron chi connectivity index (χ2n) is 4.70. The highest BCUT2D eigenvalue weighted by Crippen LogP contribution is 2.18. The van der Waals surface area contributed by atoms with Crippen LogP contribution in [-0.2, 0) is 0 Å². The molecule has 98 valence electrons. The van der Waals surface area contributed by atoms with Crippen LogP contribution >= 0.6 is 0 Å². The number of anilines is 1. The molecule has 3 rings (SSSR count). The zero-order valence-electron chi connectivity index (χ0n) is 11.1. The largest absolute Gasteiger partial charge is 0.322 e. The van der Waals surface area contributed by atoms with E-state index in [2.05, 4.69) is 10.3 Å². The Hall–Kier alpha value is -2.68. The minimum absolute atomic E-state index is 0.118. The summed E-state index contributed by atoms with van der Waals surface area (Å²) in [6, 6.07) is 17.1. The Labute approximate surface area is 117 Å². The van der Waals surface area contributed by atoms with Gasteiger partial charge in [-0.15, -0.1) is 0 Å². The molecule has 0 unspecified atom stereocenters. The number of carbonyl (C=O) groups is 1. The van der Waals surface area contributed by atoms with Crippen molar-refractivity contribution in [1.82, 2.24) is 4.98 Å². The van der Waals surface area contributed by atoms with Crippen LogP contribution in [0.2, 0.25) is 0 Å². The van der Waals surface area contributed by atoms with Crippen molar-refractivity contribution in [3.05, 3.63) is 71.9 Å². The number of hydrogen-bond acceptors (Lipinski definition) is 2. The lowest BCUT2D eigenvalue weighted by molar-refractivity contribution is 0.102. The fourth-order valence-corrected chi connectivity index (χ4v) is 2.14. The third kappa shape index (κ3) is 2.38. The lowest BCUT2D eigenvalue weighted by atomic mass is 10.1. The van der Waals surface area contributed by atoms with Gasteiger partial charge in [0.2, 0.25) is 0 Å². The molecular weight excluding hydrogens is 248 g/mol. The predicted molar refractivity (Wildman–Crippen MR) is 80.9 cm³/mol. The van der Waals surface area contributed by atoms with Crippen LogP contribution in [0.15, 0.2) is 60.8 Å². The quantitative estimate of drug-likeness (QED) is 0.763. The first-order valence-electron chi connectivity index (χ1n) is 6.46. The molecule has 2 aromatic carbocycles. The molecule has 3 nitrogen and oxygen atoms in total. The van der Waals surface area contributed by atoms with Crippen LogP contribution in [0.3, 0.4) is 0 Å². The maximum Gasteiger partial charge on any atom is 0.256 e. The van der Waals surface area contributed by atoms with Gasteiger partial charge in [0.25, 0.3) is 5.91 Å². The summed E-state index contributed by atoms with van der Waals surface area (Å²) in [5, 5.41) is 3.77. The number of aromatic nitrogens is 1. The van der Waals surface area contributed by atoms with E-state index in [0.29, 0.717) is 5.56 Å². The molecule has 0 spiro atoms. The third-order valence-corrected chi connectivity index (χ3v) is 3.20. The van der Waals surface area contributed by atoms with Crippen molar-refractivity contribution in [3.8, 4) is 0 Å². The molecule has 20 heavy (non-hydrogen) atoms. The first kappa shape index (κ1) is 12.4. The second-order valence-corrected chi connectivity index (χ2v) is 4.70. The van der Waals surface area contributed by atoms with E-state index >= 15 is 0 Å². The molecule has 0 bridgehead atoms. The summed E-state index contributed by atoms with van der Waals surface area (Å²) in [5.74, 6) is -0.118. The molecule has 1 amide bonds. The van der Waals surface area contributed by atoms with Gasteiger partial charge >= 0.3 is 0 Å². The SMILES string of the molecule is Cc1ccc(NC(=O)c2cccc3ncccc23)cc1. The zero-order chi connectivity index (χ0) is 13.9. The van der Waals surface area contributed by atoms with Crippen molar-refractivity contribution in [2.24, 2.45) is 0 Å². The Morgan fingerprint density at radius 3 is 2.60 bits per heavy atom. The lowest BCUT2D eigenvalue weighted by Crippen LogP contribution is -2.12. The summed E-state index contributed by atoms with van der Waals surface area (Å²) >= 11 is 0. The topological polar surface area (TPSA) is 42.0 Å². The second kappa shape index (κ2) is 5.13. The van der Waals surface area contributed by atoms with Gasteiger partial charge in [0.05, 0.1) is 5.52 Å². The maximum atomic E-state index is 12.4. The van der Waals surface area contributed by atoms with Crippen molar-refractivity contribution >= 4 is 22.5 Å². The molecular formula is C17H14N2O. The fourth-order valence-electron chi connectivity index (χ4n) is 2.14. The molecule has 1 N–H and O–H groups in total. The van der Waals surface area contributed by atoms with Gasteiger partial charge < -0.3 is 5.32 Å². The first-order valence-corrected chi connectivity index (χ1v) is 6.46. The number of hydrogen-bond donors (Lipinski definition) is 1. The highest BCUT2D eigenvalue weighted by Gasteiger charge is 2.10. The van der Waals surface area contributed by atoms with Gasteiger partial charge in [-0.2, -0.15) is 0 Å². The minimum atomic E-state index is -0.118. The number of benzene rings is 2. The number of rotatable bonds is 2. The van der Waals surface area contributed by atoms with E-state index in [1.165, 1.54) is 0 Å². The smallest absolute Gasteiger partial charge is 0.256 e. The highest BCUT2D eigenvalue weighted by molar-refractivity contribution is 6.12. The van der Waals surface area contributed by atoms with E-state index in [9.17, 15) is 4.79 Å². The maximum absolute atomic E-state index is 12.4. The van der Waals surface area contributed by atoms with Crippen molar-refractivity contribution in [1.29, 1.82) is 0 Å². The number of fused-ring (bicyclic) bond motifs is 1. The first-order chi connectivity index (χ1) is 9.74. The summed E-state index contributed by atoms with van der Waals surface area (Å²) in [4.78, 5) is 16.6. The Balaban J connectivity index is 1.94. The number of carbonyl (C=O) groups excluding carboxylic acids is 1. The Morgan fingerprint density at radius 1 is 1.00 bits per heavy atom. The molecule has 0 aliphatic rings. The van der Waals surface area contributed by atoms with Crippen LogP contribution in [0.25, 0.3) is 10.9 Å². The average molecular weight is 262 g/mol. The van der Waals surface area contributed by atoms with Crippen molar-refractivity contribution in [2.45, 2.75) is 6.92 Å². The molecule has 0 aliphatic carbocycles. The Morgan fingerprint density at radius 2 is 1.80 bits per heavy atom. The summed E-state index contributed by atoms with van der Waals surface area (Å²) in [5.41, 5.74) is 3.42. The van der Waals surface area contributed by atoms with Gasteiger partial charge in [0.15, 0.2) is 0 Å². The van der Waals surface area contributed by atoms with Crippen LogP contribution in [0.1, 0.15) is 15.9 Å². The highest BCUT2D eigenvalue weighted by atomic mass is 16.1. The van der Waals surface area contributed by atoms with E-state index in [0.717, 1.165) is 22.2 Å². The zero-order valence-corrected chi connectivity index (χ0v) is 11.1. The summed E-state index contributed by atoms with van der Waals surface area (Å²) in [6.45, 7) is 2.02. The lowest BCUT2D eigenvalue weighted by Gasteiger charge is -2.08. The molecule has 0 radical (unpaired) electrons. The summed E-state index contributed by atoms with van der Waals surface area (Å²) in [7, 11) is 0. The molecule has 0 saturated heterocycles. The standard InChI is InChI=1S/C17H14N2O/c1-12-7-9-13(10-8-12)19-17(20)15-4-2-6-16-14(15)5-3-11-18-16/h2-11H,1H3,(H,19,20). The molecule has 3 aromatic rings. The summed E-state index contributed by atoms with van der Waals surface area (Å²) in [6.07, 6.45) is 1.73. The van der Waals surface area contributed by atoms with E-state index < -0.39 is 0 Å². The van der Waals surface area contributed by atoms with Crippen molar-refractivity contribution < 1.29 is 4.79 Å². The van der Waals surface area contributed by atoms with Crippen LogP contribution in [-0.4, -0.2) is 10.9 Å². The van der Waals surface area contributed by atoms with Gasteiger partial charge in [-0.05, 0) is 37.3 Å². The molecule has 0 atom stereocenters. The predicted octanol–water partition coefficient (Wildman–Crippen LogP) is 3.80. The van der Waals surface area contributed by atoms with Crippen LogP contribution in [0, 0.1) is 6.92 Å². The molecule has 1 aromatic heterocycles. The van der Waals surface area contributed by atoms with Gasteiger partial charge in [-0.25, -0.2) is 0 Å². The number of aryl methyl sites for hydroxylation is 1. The van der Waals surface area contributed by atoms with E-state index in [1.807, 2.05) is 61.5 Å². The van der Waals surface area contributed by atoms with Crippen molar-refractivity contribution in [2.75, 3.05) is 5.32 Å². The number of nitrogens with zero attached hydrogens (tertiary/aromatic N) is 1. The van der Waals surface area contributed by atoms with Gasteiger partial charge in [-0.1, -0.05) is 29.8 Å². The molecule has 0 aliphatic heterocycles. The minimum Gasteiger partial charge on any atom is -0.322 e. The van der Waals surface area contributed by atoms with Gasteiger partial charge in [-0.3, -0.25) is 9.78 Å². The van der Waals surface area contributed by atoms with E-state index in [4.69, 9.17) is 0 Å². The number of amides is 1. The number of pyridine rings is 1. The summed E-state index contributed by atoms with van der Waals surface area (Å²) < 4.78 is 0. The van der Waals surface area contributed by atoms with Crippen LogP contribution in [0.4, 0.5) is 5.69 Å². The van der Waals surface area contributed by atoms with Crippen LogP contribution in [0.5, 0.6) is 0 Å².